The van der Waals surface area contributed by atoms with Gasteiger partial charge in [0.25, 0.3) is 15.9 Å². The molecule has 1 unspecified atom stereocenters. The van der Waals surface area contributed by atoms with Crippen LogP contribution >= 0.6 is 11.3 Å². The highest BCUT2D eigenvalue weighted by atomic mass is 32.2. The van der Waals surface area contributed by atoms with Crippen molar-refractivity contribution in [2.24, 2.45) is 0 Å². The lowest BCUT2D eigenvalue weighted by atomic mass is 10.1. The summed E-state index contributed by atoms with van der Waals surface area (Å²) in [5.74, 6) is 0.532. The Morgan fingerprint density at radius 1 is 1.23 bits per heavy atom. The van der Waals surface area contributed by atoms with Crippen molar-refractivity contribution in [2.45, 2.75) is 11.0 Å². The Bertz CT molecular complexity index is 1150. The molecule has 1 aliphatic rings. The Morgan fingerprint density at radius 3 is 2.71 bits per heavy atom. The third-order valence-electron chi connectivity index (χ3n) is 4.91. The number of thiazole rings is 1. The maximum absolute atomic E-state index is 13.0. The molecule has 0 bridgehead atoms. The van der Waals surface area contributed by atoms with Gasteiger partial charge in [-0.1, -0.05) is 18.2 Å². The molecule has 1 aliphatic heterocycles. The van der Waals surface area contributed by atoms with Gasteiger partial charge in [-0.3, -0.25) is 9.52 Å². The first-order valence-electron chi connectivity index (χ1n) is 9.54. The molecule has 0 radical (unpaired) electrons. The van der Waals surface area contributed by atoms with Crippen LogP contribution in [0.4, 0.5) is 5.13 Å². The Kier molecular flexibility index (Phi) is 6.21. The van der Waals surface area contributed by atoms with Crippen LogP contribution in [0.15, 0.2) is 65.0 Å². The molecule has 0 spiro atoms. The zero-order chi connectivity index (χ0) is 21.8. The van der Waals surface area contributed by atoms with Crippen LogP contribution in [0.25, 0.3) is 0 Å². The molecule has 10 heteroatoms. The van der Waals surface area contributed by atoms with Crippen molar-refractivity contribution in [2.75, 3.05) is 31.5 Å². The van der Waals surface area contributed by atoms with Gasteiger partial charge in [-0.25, -0.2) is 13.4 Å². The number of para-hydroxylation sites is 1. The summed E-state index contributed by atoms with van der Waals surface area (Å²) >= 11 is 1.19. The fourth-order valence-corrected chi connectivity index (χ4v) is 5.15. The van der Waals surface area contributed by atoms with E-state index >= 15 is 0 Å². The number of nitrogens with zero attached hydrogens (tertiary/aromatic N) is 2. The minimum Gasteiger partial charge on any atom is -0.496 e. The fraction of sp³-hybridized carbons (Fsp3) is 0.238. The molecule has 1 atom stereocenters. The molecular weight excluding hydrogens is 438 g/mol. The van der Waals surface area contributed by atoms with Crippen LogP contribution in [-0.4, -0.2) is 51.0 Å². The summed E-state index contributed by atoms with van der Waals surface area (Å²) < 4.78 is 38.6. The molecule has 2 heterocycles. The van der Waals surface area contributed by atoms with Gasteiger partial charge in [0.2, 0.25) is 0 Å². The monoisotopic (exact) mass is 459 g/mol. The lowest BCUT2D eigenvalue weighted by Gasteiger charge is -2.33. The molecule has 1 N–H and O–H groups in total. The smallest absolute Gasteiger partial charge is 0.263 e. The summed E-state index contributed by atoms with van der Waals surface area (Å²) in [6.07, 6.45) is 1.22. The summed E-state index contributed by atoms with van der Waals surface area (Å²) in [6, 6.07) is 13.4. The van der Waals surface area contributed by atoms with Crippen LogP contribution in [0.3, 0.4) is 0 Å². The molecule has 3 aromatic rings. The van der Waals surface area contributed by atoms with Gasteiger partial charge in [-0.15, -0.1) is 11.3 Å². The molecule has 31 heavy (non-hydrogen) atoms. The number of morpholine rings is 1. The van der Waals surface area contributed by atoms with Crippen molar-refractivity contribution in [1.82, 2.24) is 9.88 Å². The summed E-state index contributed by atoms with van der Waals surface area (Å²) in [6.45, 7) is 1.24. The van der Waals surface area contributed by atoms with Crippen molar-refractivity contribution < 1.29 is 22.7 Å². The largest absolute Gasteiger partial charge is 0.496 e. The molecule has 0 saturated carbocycles. The number of ether oxygens (including phenoxy) is 2. The van der Waals surface area contributed by atoms with Crippen LogP contribution < -0.4 is 9.46 Å². The fourth-order valence-electron chi connectivity index (χ4n) is 3.36. The van der Waals surface area contributed by atoms with Gasteiger partial charge in [0.05, 0.1) is 25.2 Å². The summed E-state index contributed by atoms with van der Waals surface area (Å²) in [4.78, 5) is 18.7. The molecule has 162 valence electrons. The third-order valence-corrected chi connectivity index (χ3v) is 7.08. The summed E-state index contributed by atoms with van der Waals surface area (Å²) in [5, 5.41) is 1.97. The Hall–Kier alpha value is -2.95. The highest BCUT2D eigenvalue weighted by Crippen LogP contribution is 2.30. The van der Waals surface area contributed by atoms with E-state index in [9.17, 15) is 13.2 Å². The summed E-state index contributed by atoms with van der Waals surface area (Å²) in [5.41, 5.74) is 1.30. The first kappa shape index (κ1) is 21.3. The topological polar surface area (TPSA) is 97.8 Å². The summed E-state index contributed by atoms with van der Waals surface area (Å²) in [7, 11) is -2.16. The predicted octanol–water partition coefficient (Wildman–Crippen LogP) is 3.17. The van der Waals surface area contributed by atoms with Crippen molar-refractivity contribution in [1.29, 1.82) is 0 Å². The Balaban J connectivity index is 1.48. The molecule has 1 amide bonds. The number of hydrogen-bond donors (Lipinski definition) is 1. The average molecular weight is 460 g/mol. The Labute approximate surface area is 184 Å². The molecule has 1 aromatic heterocycles. The number of sulfonamides is 1. The van der Waals surface area contributed by atoms with E-state index in [1.807, 2.05) is 24.3 Å². The predicted molar refractivity (Wildman–Crippen MR) is 117 cm³/mol. The van der Waals surface area contributed by atoms with Crippen molar-refractivity contribution in [3.8, 4) is 5.75 Å². The van der Waals surface area contributed by atoms with Crippen LogP contribution in [0.1, 0.15) is 22.0 Å². The lowest BCUT2D eigenvalue weighted by molar-refractivity contribution is -0.0237. The number of aromatic nitrogens is 1. The molecule has 1 saturated heterocycles. The van der Waals surface area contributed by atoms with Crippen molar-refractivity contribution in [3.05, 3.63) is 71.2 Å². The van der Waals surface area contributed by atoms with E-state index in [0.717, 1.165) is 5.56 Å². The first-order valence-corrected chi connectivity index (χ1v) is 11.9. The minimum atomic E-state index is -3.76. The highest BCUT2D eigenvalue weighted by Gasteiger charge is 2.28. The molecule has 2 aromatic carbocycles. The molecular formula is C21H21N3O5S2. The normalized spacial score (nSPS) is 16.7. The minimum absolute atomic E-state index is 0.0631. The SMILES string of the molecule is COc1ccccc1C1CN(C(=O)c2ccc(S(=O)(=O)Nc3nccs3)cc2)CCO1. The van der Waals surface area contributed by atoms with Gasteiger partial charge in [0, 0.05) is 29.2 Å². The van der Waals surface area contributed by atoms with E-state index in [0.29, 0.717) is 31.0 Å². The number of carbonyl (C=O) groups is 1. The van der Waals surface area contributed by atoms with Gasteiger partial charge in [0.1, 0.15) is 11.9 Å². The molecule has 1 fully saturated rings. The van der Waals surface area contributed by atoms with Gasteiger partial charge >= 0.3 is 0 Å². The average Bonchev–Trinajstić information content (AvgIpc) is 3.31. The zero-order valence-corrected chi connectivity index (χ0v) is 18.4. The number of anilines is 1. The maximum atomic E-state index is 13.0. The van der Waals surface area contributed by atoms with Crippen molar-refractivity contribution >= 4 is 32.4 Å². The van der Waals surface area contributed by atoms with E-state index in [-0.39, 0.29) is 22.0 Å². The number of hydrogen-bond acceptors (Lipinski definition) is 7. The molecule has 4 rings (SSSR count). The van der Waals surface area contributed by atoms with Crippen LogP contribution in [-0.2, 0) is 14.8 Å². The van der Waals surface area contributed by atoms with E-state index in [4.69, 9.17) is 9.47 Å². The van der Waals surface area contributed by atoms with Crippen LogP contribution in [0, 0.1) is 0 Å². The number of nitrogens with one attached hydrogen (secondary N) is 1. The van der Waals surface area contributed by atoms with Crippen molar-refractivity contribution in [3.63, 3.8) is 0 Å². The zero-order valence-electron chi connectivity index (χ0n) is 16.7. The Morgan fingerprint density at radius 2 is 2.00 bits per heavy atom. The molecule has 8 nitrogen and oxygen atoms in total. The first-order chi connectivity index (χ1) is 15.0. The van der Waals surface area contributed by atoms with Gasteiger partial charge < -0.3 is 14.4 Å². The van der Waals surface area contributed by atoms with Gasteiger partial charge in [-0.05, 0) is 30.3 Å². The number of amides is 1. The quantitative estimate of drug-likeness (QED) is 0.608. The lowest BCUT2D eigenvalue weighted by Crippen LogP contribution is -2.42. The van der Waals surface area contributed by atoms with E-state index < -0.39 is 10.0 Å². The van der Waals surface area contributed by atoms with Gasteiger partial charge in [0.15, 0.2) is 5.13 Å². The van der Waals surface area contributed by atoms with E-state index in [1.165, 1.54) is 41.8 Å². The van der Waals surface area contributed by atoms with Gasteiger partial charge in [-0.2, -0.15) is 0 Å². The van der Waals surface area contributed by atoms with E-state index in [2.05, 4.69) is 9.71 Å². The number of methoxy groups -OCH3 is 1. The number of benzene rings is 2. The third kappa shape index (κ3) is 4.71. The molecule has 0 aliphatic carbocycles. The number of rotatable bonds is 6. The van der Waals surface area contributed by atoms with Crippen LogP contribution in [0.2, 0.25) is 0 Å². The van der Waals surface area contributed by atoms with Crippen LogP contribution in [0.5, 0.6) is 5.75 Å². The second-order valence-electron chi connectivity index (χ2n) is 6.82. The second kappa shape index (κ2) is 9.04. The number of carbonyl (C=O) groups excluding carboxylic acids is 1. The highest BCUT2D eigenvalue weighted by molar-refractivity contribution is 7.93. The van der Waals surface area contributed by atoms with E-state index in [1.54, 1.807) is 17.4 Å². The maximum Gasteiger partial charge on any atom is 0.263 e. The second-order valence-corrected chi connectivity index (χ2v) is 9.40. The standard InChI is InChI=1S/C21H21N3O5S2/c1-28-18-5-3-2-4-17(18)19-14-24(11-12-29-19)20(25)15-6-8-16(9-7-15)31(26,27)23-21-22-10-13-30-21/h2-10,13,19H,11-12,14H2,1H3,(H,22,23).